The Morgan fingerprint density at radius 1 is 0.946 bits per heavy atom. The van der Waals surface area contributed by atoms with E-state index in [1.165, 1.54) is 6.92 Å². The molecule has 0 amide bonds. The van der Waals surface area contributed by atoms with Gasteiger partial charge in [-0.25, -0.2) is 0 Å². The van der Waals surface area contributed by atoms with Crippen LogP contribution in [0.3, 0.4) is 0 Å². The van der Waals surface area contributed by atoms with Gasteiger partial charge < -0.3 is 24.1 Å². The minimum atomic E-state index is -0.435. The van der Waals surface area contributed by atoms with Gasteiger partial charge in [-0.05, 0) is 49.6 Å². The van der Waals surface area contributed by atoms with Crippen molar-refractivity contribution >= 4 is 17.7 Å². The molecular weight excluding hydrogens is 492 g/mol. The topological polar surface area (TPSA) is 80.7 Å². The lowest BCUT2D eigenvalue weighted by molar-refractivity contribution is -0.131. The molecule has 1 saturated heterocycles. The van der Waals surface area contributed by atoms with Crippen LogP contribution in [0.1, 0.15) is 29.2 Å². The number of aliphatic hydroxyl groups is 1. The Morgan fingerprint density at radius 2 is 1.59 bits per heavy atom. The molecule has 0 aromatic heterocycles. The van der Waals surface area contributed by atoms with Crippen molar-refractivity contribution in [2.45, 2.75) is 45.2 Å². The number of methoxy groups -OCH3 is 3. The van der Waals surface area contributed by atoms with Crippen LogP contribution in [0.2, 0.25) is 0 Å². The van der Waals surface area contributed by atoms with E-state index in [1.807, 2.05) is 39.0 Å². The Labute approximate surface area is 224 Å². The van der Waals surface area contributed by atoms with Gasteiger partial charge in [0.05, 0.1) is 27.4 Å². The molecule has 1 atom stereocenters. The van der Waals surface area contributed by atoms with Crippen molar-refractivity contribution in [3.8, 4) is 23.0 Å². The van der Waals surface area contributed by atoms with Crippen LogP contribution in [-0.2, 0) is 11.3 Å². The second kappa shape index (κ2) is 13.4. The molecule has 0 saturated carbocycles. The van der Waals surface area contributed by atoms with E-state index in [0.717, 1.165) is 59.9 Å². The van der Waals surface area contributed by atoms with Crippen molar-refractivity contribution in [1.29, 1.82) is 0 Å². The normalized spacial score (nSPS) is 15.4. The average Bonchev–Trinajstić information content (AvgIpc) is 2.88. The van der Waals surface area contributed by atoms with E-state index in [-0.39, 0.29) is 5.97 Å². The third-order valence-electron chi connectivity index (χ3n) is 6.77. The van der Waals surface area contributed by atoms with Crippen LogP contribution < -0.4 is 18.9 Å². The summed E-state index contributed by atoms with van der Waals surface area (Å²) >= 11 is 1.65. The number of hydrogen-bond acceptors (Lipinski definition) is 9. The third-order valence-corrected chi connectivity index (χ3v) is 8.06. The summed E-state index contributed by atoms with van der Waals surface area (Å²) in [5, 5.41) is 10.8. The number of rotatable bonds is 11. The molecule has 0 radical (unpaired) electrons. The van der Waals surface area contributed by atoms with Gasteiger partial charge in [-0.3, -0.25) is 14.6 Å². The van der Waals surface area contributed by atoms with E-state index < -0.39 is 6.10 Å². The number of piperazine rings is 1. The lowest BCUT2D eigenvalue weighted by atomic mass is 10.1. The van der Waals surface area contributed by atoms with Gasteiger partial charge >= 0.3 is 5.97 Å². The molecule has 8 nitrogen and oxygen atoms in total. The number of hydrogen-bond donors (Lipinski definition) is 1. The highest BCUT2D eigenvalue weighted by molar-refractivity contribution is 7.99. The molecule has 0 spiro atoms. The average molecular weight is 533 g/mol. The Balaban J connectivity index is 1.51. The van der Waals surface area contributed by atoms with Gasteiger partial charge in [0.2, 0.25) is 5.75 Å². The Hall–Kier alpha value is -2.46. The molecule has 1 aliphatic rings. The van der Waals surface area contributed by atoms with Crippen LogP contribution >= 0.6 is 11.8 Å². The van der Waals surface area contributed by atoms with Crippen LogP contribution in [0.15, 0.2) is 23.1 Å². The van der Waals surface area contributed by atoms with E-state index in [9.17, 15) is 9.90 Å². The highest BCUT2D eigenvalue weighted by Crippen LogP contribution is 2.40. The van der Waals surface area contributed by atoms with Crippen LogP contribution in [0.5, 0.6) is 23.0 Å². The number of carbonyl (C=O) groups excluding carboxylic acids is 1. The SMILES string of the molecule is COc1ccc(CN2CCN(CC(O)CSc3cc(C)c(OC(C)=O)c(C)c3C)CC2)c(OC)c1OC. The predicted molar refractivity (Wildman–Crippen MR) is 147 cm³/mol. The van der Waals surface area contributed by atoms with Gasteiger partial charge in [0, 0.05) is 62.4 Å². The summed E-state index contributed by atoms with van der Waals surface area (Å²) in [4.78, 5) is 17.2. The first-order valence-corrected chi connectivity index (χ1v) is 13.5. The van der Waals surface area contributed by atoms with E-state index in [0.29, 0.717) is 35.3 Å². The quantitative estimate of drug-likeness (QED) is 0.264. The maximum absolute atomic E-state index is 11.4. The molecule has 1 fully saturated rings. The number of esters is 1. The summed E-state index contributed by atoms with van der Waals surface area (Å²) in [6.45, 7) is 12.4. The summed E-state index contributed by atoms with van der Waals surface area (Å²) in [6, 6.07) is 5.98. The van der Waals surface area contributed by atoms with Crippen LogP contribution in [0, 0.1) is 20.8 Å². The van der Waals surface area contributed by atoms with E-state index in [2.05, 4.69) is 9.80 Å². The van der Waals surface area contributed by atoms with Gasteiger partial charge in [-0.2, -0.15) is 0 Å². The van der Waals surface area contributed by atoms with Crippen molar-refractivity contribution in [3.63, 3.8) is 0 Å². The van der Waals surface area contributed by atoms with Gasteiger partial charge in [0.15, 0.2) is 11.5 Å². The fourth-order valence-corrected chi connectivity index (χ4v) is 5.77. The van der Waals surface area contributed by atoms with Gasteiger partial charge in [0.25, 0.3) is 0 Å². The monoisotopic (exact) mass is 532 g/mol. The minimum Gasteiger partial charge on any atom is -0.493 e. The zero-order valence-corrected chi connectivity index (χ0v) is 23.9. The van der Waals surface area contributed by atoms with Gasteiger partial charge in [0.1, 0.15) is 5.75 Å². The number of β-amino-alcohol motifs (C(OH)–C–C–N with tert-alkyl or cyclic N) is 1. The first kappa shape index (κ1) is 29.1. The van der Waals surface area contributed by atoms with Gasteiger partial charge in [-0.1, -0.05) is 6.07 Å². The molecule has 2 aromatic rings. The van der Waals surface area contributed by atoms with E-state index >= 15 is 0 Å². The van der Waals surface area contributed by atoms with Crippen LogP contribution in [0.4, 0.5) is 0 Å². The summed E-state index contributed by atoms with van der Waals surface area (Å²) in [7, 11) is 4.89. The van der Waals surface area contributed by atoms with Crippen molar-refractivity contribution in [2.24, 2.45) is 0 Å². The number of ether oxygens (including phenoxy) is 4. The summed E-state index contributed by atoms with van der Waals surface area (Å²) < 4.78 is 21.9. The minimum absolute atomic E-state index is 0.315. The molecule has 0 bridgehead atoms. The predicted octanol–water partition coefficient (Wildman–Crippen LogP) is 3.83. The fraction of sp³-hybridized carbons (Fsp3) is 0.536. The molecular formula is C28H40N2O6S. The second-order valence-electron chi connectivity index (χ2n) is 9.40. The zero-order chi connectivity index (χ0) is 27.1. The standard InChI is InChI=1S/C28H40N2O6S/c1-18-14-25(19(2)20(3)26(18)36-21(4)31)37-17-23(32)16-30-12-10-29(11-13-30)15-22-8-9-24(33-5)28(35-7)27(22)34-6/h8-9,14,23,32H,10-13,15-17H2,1-7H3. The van der Waals surface area contributed by atoms with Gasteiger partial charge in [-0.15, -0.1) is 11.8 Å². The molecule has 1 N–H and O–H groups in total. The van der Waals surface area contributed by atoms with Crippen molar-refractivity contribution in [3.05, 3.63) is 40.5 Å². The lowest BCUT2D eigenvalue weighted by Crippen LogP contribution is -2.48. The van der Waals surface area contributed by atoms with Crippen molar-refractivity contribution in [1.82, 2.24) is 9.80 Å². The largest absolute Gasteiger partial charge is 0.493 e. The second-order valence-corrected chi connectivity index (χ2v) is 10.5. The zero-order valence-electron chi connectivity index (χ0n) is 23.1. The maximum Gasteiger partial charge on any atom is 0.308 e. The summed E-state index contributed by atoms with van der Waals surface area (Å²) in [6.07, 6.45) is -0.435. The summed E-state index contributed by atoms with van der Waals surface area (Å²) in [5.41, 5.74) is 4.04. The molecule has 1 unspecified atom stereocenters. The number of carbonyl (C=O) groups is 1. The van der Waals surface area contributed by atoms with Crippen molar-refractivity contribution in [2.75, 3.05) is 59.8 Å². The highest BCUT2D eigenvalue weighted by atomic mass is 32.2. The van der Waals surface area contributed by atoms with Crippen LogP contribution in [0.25, 0.3) is 0 Å². The van der Waals surface area contributed by atoms with E-state index in [4.69, 9.17) is 18.9 Å². The Bertz CT molecular complexity index is 1090. The molecule has 9 heteroatoms. The van der Waals surface area contributed by atoms with Crippen molar-refractivity contribution < 1.29 is 28.8 Å². The number of nitrogens with zero attached hydrogens (tertiary/aromatic N) is 2. The molecule has 0 aliphatic carbocycles. The number of thioether (sulfide) groups is 1. The first-order valence-electron chi connectivity index (χ1n) is 12.5. The third kappa shape index (κ3) is 7.31. The lowest BCUT2D eigenvalue weighted by Gasteiger charge is -2.36. The molecule has 1 aliphatic heterocycles. The maximum atomic E-state index is 11.4. The summed E-state index contributed by atoms with van der Waals surface area (Å²) in [5.74, 6) is 2.90. The number of benzene rings is 2. The van der Waals surface area contributed by atoms with Crippen LogP contribution in [-0.4, -0.2) is 86.8 Å². The Morgan fingerprint density at radius 3 is 2.19 bits per heavy atom. The van der Waals surface area contributed by atoms with E-state index in [1.54, 1.807) is 33.1 Å². The smallest absolute Gasteiger partial charge is 0.308 e. The molecule has 3 rings (SSSR count). The first-order chi connectivity index (χ1) is 17.7. The highest BCUT2D eigenvalue weighted by Gasteiger charge is 2.23. The Kier molecular flexibility index (Phi) is 10.5. The number of aliphatic hydroxyl groups excluding tert-OH is 1. The molecule has 2 aromatic carbocycles. The molecule has 37 heavy (non-hydrogen) atoms. The molecule has 204 valence electrons. The fourth-order valence-electron chi connectivity index (χ4n) is 4.67. The number of aryl methyl sites for hydroxylation is 1. The molecule has 1 heterocycles.